The maximum atomic E-state index is 14.2. The van der Waals surface area contributed by atoms with Crippen molar-refractivity contribution in [2.45, 2.75) is 103 Å². The molecule has 0 aromatic heterocycles. The van der Waals surface area contributed by atoms with Crippen LogP contribution in [0.3, 0.4) is 0 Å². The number of benzene rings is 2. The number of hydrogen-bond donors (Lipinski definition) is 10. The fourth-order valence-electron chi connectivity index (χ4n) is 6.10. The Hall–Kier alpha value is -5.49. The monoisotopic (exact) mass is 853 g/mol. The predicted molar refractivity (Wildman–Crippen MR) is 231 cm³/mol. The minimum absolute atomic E-state index is 0.0207. The molecule has 11 N–H and O–H groups in total. The largest absolute Gasteiger partial charge is 0.368 e. The zero-order chi connectivity index (χ0) is 44.9. The molecule has 0 aliphatic rings. The fraction of sp³-hybridized carbons (Fsp3) is 0.524. The fourth-order valence-corrected chi connectivity index (χ4v) is 6.35. The Bertz CT molecular complexity index is 1750. The van der Waals surface area contributed by atoms with Gasteiger partial charge >= 0.3 is 0 Å². The summed E-state index contributed by atoms with van der Waals surface area (Å²) in [6, 6.07) is 11.0. The number of carbonyl (C=O) groups is 8. The lowest BCUT2D eigenvalue weighted by atomic mass is 9.98. The highest BCUT2D eigenvalue weighted by Gasteiger charge is 2.34. The molecule has 60 heavy (non-hydrogen) atoms. The average molecular weight is 854 g/mol. The summed E-state index contributed by atoms with van der Waals surface area (Å²) < 4.78 is 0. The van der Waals surface area contributed by atoms with E-state index in [-0.39, 0.29) is 49.8 Å². The zero-order valence-electron chi connectivity index (χ0n) is 35.3. The first-order valence-electron chi connectivity index (χ1n) is 20.1. The van der Waals surface area contributed by atoms with Crippen LogP contribution in [0.5, 0.6) is 0 Å². The zero-order valence-corrected chi connectivity index (χ0v) is 36.2. The van der Waals surface area contributed by atoms with E-state index < -0.39 is 96.0 Å². The number of primary amides is 1. The van der Waals surface area contributed by atoms with Gasteiger partial charge in [0.2, 0.25) is 47.3 Å². The van der Waals surface area contributed by atoms with E-state index in [1.807, 2.05) is 33.8 Å². The molecule has 17 nitrogen and oxygen atoms in total. The van der Waals surface area contributed by atoms with Crippen LogP contribution in [0, 0.1) is 17.8 Å². The highest BCUT2D eigenvalue weighted by Crippen LogP contribution is 2.12. The van der Waals surface area contributed by atoms with Crippen LogP contribution in [-0.2, 0) is 51.2 Å². The summed E-state index contributed by atoms with van der Waals surface area (Å²) in [5, 5.41) is 18.4. The summed E-state index contributed by atoms with van der Waals surface area (Å²) in [7, 11) is 0. The van der Waals surface area contributed by atoms with Gasteiger partial charge in [0.25, 0.3) is 0 Å². The Balaban J connectivity index is 2.37. The van der Waals surface area contributed by atoms with Gasteiger partial charge in [-0.15, -0.1) is 0 Å². The first-order valence-corrected chi connectivity index (χ1v) is 20.7. The highest BCUT2D eigenvalue weighted by atomic mass is 32.1. The average Bonchev–Trinajstić information content (AvgIpc) is 3.19. The summed E-state index contributed by atoms with van der Waals surface area (Å²) in [5.41, 5.74) is 12.3. The van der Waals surface area contributed by atoms with Crippen molar-refractivity contribution >= 4 is 59.9 Å². The van der Waals surface area contributed by atoms with E-state index in [2.05, 4.69) is 49.8 Å². The van der Waals surface area contributed by atoms with Gasteiger partial charge in [-0.2, -0.15) is 12.6 Å². The third kappa shape index (κ3) is 18.2. The van der Waals surface area contributed by atoms with Gasteiger partial charge in [-0.05, 0) is 41.7 Å². The van der Waals surface area contributed by atoms with Gasteiger partial charge in [0.1, 0.15) is 36.3 Å². The lowest BCUT2D eigenvalue weighted by molar-refractivity contribution is -0.136. The maximum absolute atomic E-state index is 14.2. The molecule has 0 saturated heterocycles. The van der Waals surface area contributed by atoms with Crippen LogP contribution in [0.1, 0.15) is 65.5 Å². The summed E-state index contributed by atoms with van der Waals surface area (Å²) in [6.07, 6.45) is 0.537. The summed E-state index contributed by atoms with van der Waals surface area (Å²) in [4.78, 5) is 105. The van der Waals surface area contributed by atoms with E-state index in [4.69, 9.17) is 11.5 Å². The van der Waals surface area contributed by atoms with Crippen molar-refractivity contribution in [1.82, 2.24) is 37.2 Å². The topological polar surface area (TPSA) is 273 Å². The van der Waals surface area contributed by atoms with E-state index in [1.54, 1.807) is 68.4 Å². The van der Waals surface area contributed by atoms with Crippen molar-refractivity contribution in [2.24, 2.45) is 29.2 Å². The molecular weight excluding hydrogens is 791 g/mol. The van der Waals surface area contributed by atoms with E-state index in [0.717, 1.165) is 5.56 Å². The number of hydrogen-bond acceptors (Lipinski definition) is 10. The molecule has 0 radical (unpaired) electrons. The van der Waals surface area contributed by atoms with E-state index in [9.17, 15) is 38.4 Å². The molecule has 2 aromatic carbocycles. The quantitative estimate of drug-likeness (QED) is 0.0583. The molecule has 8 amide bonds. The van der Waals surface area contributed by atoms with Gasteiger partial charge in [-0.3, -0.25) is 38.4 Å². The van der Waals surface area contributed by atoms with Crippen LogP contribution in [0.15, 0.2) is 60.7 Å². The molecule has 2 rings (SSSR count). The first kappa shape index (κ1) is 50.7. The SMILES string of the molecule is CC(C)C[C@H](NC(=O)[C@H](Cc1ccccc1)NC(=O)[C@H](Cc1ccccc1)NC(=O)[C@@H](NC(=O)[C@H](CC(C)C)NC(=O)[C@H](CS)NC(=O)CNC(=O)CN)C(C)C)C(N)=O. The van der Waals surface area contributed by atoms with Crippen molar-refractivity contribution in [3.05, 3.63) is 71.8 Å². The smallest absolute Gasteiger partial charge is 0.244 e. The van der Waals surface area contributed by atoms with Gasteiger partial charge in [0.05, 0.1) is 13.1 Å². The lowest BCUT2D eigenvalue weighted by Gasteiger charge is -2.29. The van der Waals surface area contributed by atoms with E-state index in [1.165, 1.54) is 0 Å². The van der Waals surface area contributed by atoms with Gasteiger partial charge in [0, 0.05) is 18.6 Å². The maximum Gasteiger partial charge on any atom is 0.244 e. The summed E-state index contributed by atoms with van der Waals surface area (Å²) in [5.74, 6) is -6.05. The Kier molecular flexibility index (Phi) is 21.8. The number of thiol groups is 1. The molecule has 0 heterocycles. The van der Waals surface area contributed by atoms with Crippen molar-refractivity contribution in [3.8, 4) is 0 Å². The number of nitrogens with two attached hydrogens (primary N) is 2. The first-order chi connectivity index (χ1) is 28.3. The van der Waals surface area contributed by atoms with Crippen molar-refractivity contribution in [3.63, 3.8) is 0 Å². The van der Waals surface area contributed by atoms with Gasteiger partial charge in [-0.1, -0.05) is 102 Å². The standard InChI is InChI=1S/C42H63N9O8S/c1-24(2)17-29(37(44)54)47-38(55)31(19-27-13-9-7-10-14-27)49-39(56)32(20-28-15-11-8-12-16-28)50-42(59)36(26(5)6)51-40(57)30(18-25(3)4)48-41(58)33(23-60)46-35(53)22-45-34(52)21-43/h7-16,24-26,29-33,36,60H,17-23,43H2,1-6H3,(H2,44,54)(H,45,52)(H,46,53)(H,47,55)(H,48,58)(H,49,56)(H,50,59)(H,51,57)/t29-,30-,31-,32-,33-,36-/m0/s1. The second-order valence-electron chi connectivity index (χ2n) is 15.8. The van der Waals surface area contributed by atoms with E-state index in [0.29, 0.717) is 5.56 Å². The Morgan fingerprint density at radius 3 is 1.38 bits per heavy atom. The molecule has 0 spiro atoms. The molecule has 0 bridgehead atoms. The third-order valence-electron chi connectivity index (χ3n) is 9.25. The second-order valence-corrected chi connectivity index (χ2v) is 16.2. The molecule has 0 aliphatic carbocycles. The van der Waals surface area contributed by atoms with Crippen molar-refractivity contribution < 1.29 is 38.4 Å². The molecule has 0 aliphatic heterocycles. The number of amides is 8. The Morgan fingerprint density at radius 1 is 0.533 bits per heavy atom. The molecule has 0 saturated carbocycles. The summed E-state index contributed by atoms with van der Waals surface area (Å²) >= 11 is 4.17. The number of carbonyl (C=O) groups excluding carboxylic acids is 8. The Morgan fingerprint density at radius 2 is 0.950 bits per heavy atom. The Labute approximate surface area is 357 Å². The summed E-state index contributed by atoms with van der Waals surface area (Å²) in [6.45, 7) is 10.1. The molecule has 18 heteroatoms. The molecule has 330 valence electrons. The van der Waals surface area contributed by atoms with Crippen LogP contribution in [0.4, 0.5) is 0 Å². The van der Waals surface area contributed by atoms with Crippen LogP contribution in [0.2, 0.25) is 0 Å². The molecule has 2 aromatic rings. The van der Waals surface area contributed by atoms with Gasteiger partial charge < -0.3 is 48.7 Å². The van der Waals surface area contributed by atoms with Crippen molar-refractivity contribution in [1.29, 1.82) is 0 Å². The molecule has 0 unspecified atom stereocenters. The predicted octanol–water partition coefficient (Wildman–Crippen LogP) is -0.381. The van der Waals surface area contributed by atoms with Crippen LogP contribution in [-0.4, -0.2) is 102 Å². The van der Waals surface area contributed by atoms with Crippen molar-refractivity contribution in [2.75, 3.05) is 18.8 Å². The molecular formula is C42H63N9O8S. The normalized spacial score (nSPS) is 14.1. The van der Waals surface area contributed by atoms with Crippen LogP contribution < -0.4 is 48.7 Å². The molecule has 0 fully saturated rings. The second kappa shape index (κ2) is 25.9. The minimum atomic E-state index is -1.23. The number of rotatable bonds is 25. The number of nitrogens with one attached hydrogen (secondary N) is 7. The van der Waals surface area contributed by atoms with Crippen LogP contribution in [0.25, 0.3) is 0 Å². The van der Waals surface area contributed by atoms with Crippen LogP contribution >= 0.6 is 12.6 Å². The highest BCUT2D eigenvalue weighted by molar-refractivity contribution is 7.80. The lowest BCUT2D eigenvalue weighted by Crippen LogP contribution is -2.61. The molecule has 6 atom stereocenters. The minimum Gasteiger partial charge on any atom is -0.368 e. The van der Waals surface area contributed by atoms with E-state index >= 15 is 0 Å². The van der Waals surface area contributed by atoms with Gasteiger partial charge in [0.15, 0.2) is 0 Å². The third-order valence-corrected chi connectivity index (χ3v) is 9.62. The van der Waals surface area contributed by atoms with Gasteiger partial charge in [-0.25, -0.2) is 0 Å².